The third-order valence-electron chi connectivity index (χ3n) is 3.93. The summed E-state index contributed by atoms with van der Waals surface area (Å²) in [4.78, 5) is 7.63. The molecule has 4 aromatic rings. The maximum absolute atomic E-state index is 13.2. The summed E-state index contributed by atoms with van der Waals surface area (Å²) in [5.41, 5.74) is -2.88. The predicted molar refractivity (Wildman–Crippen MR) is 99.2 cm³/mol. The minimum absolute atomic E-state index is 0. The van der Waals surface area contributed by atoms with E-state index in [1.54, 1.807) is 24.4 Å². The van der Waals surface area contributed by atoms with Gasteiger partial charge in [0.2, 0.25) is 0 Å². The van der Waals surface area contributed by atoms with Crippen molar-refractivity contribution in [1.29, 1.82) is 0 Å². The number of halogens is 7. The summed E-state index contributed by atoms with van der Waals surface area (Å²) >= 11 is 0. The fraction of sp³-hybridized carbons (Fsp3) is 0.0952. The van der Waals surface area contributed by atoms with E-state index in [2.05, 4.69) is 26.2 Å². The molecule has 0 saturated carbocycles. The molecule has 0 aliphatic rings. The first-order valence-corrected chi connectivity index (χ1v) is 8.76. The monoisotopic (exact) mass is 645 g/mol. The number of pyridine rings is 2. The predicted octanol–water partition coefficient (Wildman–Crippen LogP) is 5.88. The fourth-order valence-electron chi connectivity index (χ4n) is 2.58. The van der Waals surface area contributed by atoms with Crippen molar-refractivity contribution in [2.45, 2.75) is 12.6 Å². The zero-order valence-corrected chi connectivity index (χ0v) is 18.5. The van der Waals surface area contributed by atoms with Crippen molar-refractivity contribution in [3.63, 3.8) is 0 Å². The van der Waals surface area contributed by atoms with Gasteiger partial charge in [-0.3, -0.25) is 13.8 Å². The molecule has 0 aliphatic heterocycles. The molecule has 0 saturated heterocycles. The average molecular weight is 645 g/mol. The van der Waals surface area contributed by atoms with Crippen LogP contribution in [0.1, 0.15) is 17.7 Å². The van der Waals surface area contributed by atoms with Gasteiger partial charge in [0.1, 0.15) is 5.69 Å². The van der Waals surface area contributed by atoms with Crippen LogP contribution < -0.4 is 5.10 Å². The van der Waals surface area contributed by atoms with Crippen LogP contribution in [0.3, 0.4) is 0 Å². The first-order chi connectivity index (χ1) is 15.2. The van der Waals surface area contributed by atoms with Gasteiger partial charge in [0.15, 0.2) is 0 Å². The molecule has 1 aromatic carbocycles. The second-order valence-electron chi connectivity index (χ2n) is 6.08. The van der Waals surface area contributed by atoms with E-state index >= 15 is 0 Å². The van der Waals surface area contributed by atoms with E-state index in [9.17, 15) is 30.7 Å². The fourth-order valence-corrected chi connectivity index (χ4v) is 2.58. The molecule has 0 atom stereocenters. The van der Waals surface area contributed by atoms with Gasteiger partial charge in [-0.2, -0.15) is 13.2 Å². The van der Waals surface area contributed by atoms with Crippen LogP contribution in [-0.4, -0.2) is 15.1 Å². The first-order valence-electron chi connectivity index (χ1n) is 8.76. The van der Waals surface area contributed by atoms with Crippen molar-refractivity contribution in [2.24, 2.45) is 0 Å². The van der Waals surface area contributed by atoms with Crippen LogP contribution in [0.5, 0.6) is 0 Å². The Labute approximate surface area is 196 Å². The van der Waals surface area contributed by atoms with E-state index in [0.717, 1.165) is 12.1 Å². The van der Waals surface area contributed by atoms with Crippen molar-refractivity contribution in [1.82, 2.24) is 20.2 Å². The molecule has 3 aromatic heterocycles. The maximum Gasteiger partial charge on any atom is 0.432 e. The van der Waals surface area contributed by atoms with Crippen LogP contribution in [0.4, 0.5) is 30.7 Å². The standard InChI is InChI=1S/C11H6F2N.C10H5F5N3.Ir/c12-8-4-5-9(10(13)7-8)11-3-1-2-6-14-11;11-9(12)6-7(5-3-1-2-4-16-5)17-18-8(6)10(13,14)15;/h1-4,6-7H;1-4,9H;/q2*-1;. The third-order valence-corrected chi connectivity index (χ3v) is 3.93. The Hall–Kier alpha value is -3.11. The van der Waals surface area contributed by atoms with E-state index in [1.807, 2.05) is 0 Å². The molecule has 4 nitrogen and oxygen atoms in total. The normalized spacial score (nSPS) is 10.9. The Morgan fingerprint density at radius 3 is 2.00 bits per heavy atom. The second-order valence-corrected chi connectivity index (χ2v) is 6.08. The Balaban J connectivity index is 0.000000233. The van der Waals surface area contributed by atoms with Gasteiger partial charge >= 0.3 is 6.18 Å². The molecule has 0 aliphatic carbocycles. The zero-order chi connectivity index (χ0) is 23.3. The van der Waals surface area contributed by atoms with Crippen LogP contribution in [0.25, 0.3) is 22.6 Å². The molecule has 12 heteroatoms. The van der Waals surface area contributed by atoms with Crippen molar-refractivity contribution in [3.05, 3.63) is 89.9 Å². The summed E-state index contributed by atoms with van der Waals surface area (Å²) in [6.07, 6.45) is -5.47. The summed E-state index contributed by atoms with van der Waals surface area (Å²) in [5, 5.41) is 5.95. The van der Waals surface area contributed by atoms with E-state index in [0.29, 0.717) is 5.69 Å². The minimum atomic E-state index is -4.97. The third kappa shape index (κ3) is 6.45. The average Bonchev–Trinajstić information content (AvgIpc) is 3.22. The quantitative estimate of drug-likeness (QED) is 0.207. The first kappa shape index (κ1) is 26.1. The summed E-state index contributed by atoms with van der Waals surface area (Å²) in [5.74, 6) is -1.29. The van der Waals surface area contributed by atoms with Gasteiger partial charge < -0.3 is 15.2 Å². The summed E-state index contributed by atoms with van der Waals surface area (Å²) in [6, 6.07) is 13.8. The van der Waals surface area contributed by atoms with Crippen LogP contribution in [0.15, 0.2) is 60.9 Å². The molecule has 0 N–H and O–H groups in total. The Kier molecular flexibility index (Phi) is 8.83. The van der Waals surface area contributed by atoms with Crippen molar-refractivity contribution in [3.8, 4) is 22.6 Å². The van der Waals surface area contributed by atoms with Crippen LogP contribution >= 0.6 is 0 Å². The number of hydrogen-bond acceptors (Lipinski definition) is 3. The molecule has 0 amide bonds. The van der Waals surface area contributed by atoms with Crippen molar-refractivity contribution in [2.75, 3.05) is 0 Å². The number of alkyl halides is 5. The van der Waals surface area contributed by atoms with Gasteiger partial charge in [0, 0.05) is 55.4 Å². The van der Waals surface area contributed by atoms with E-state index in [4.69, 9.17) is 0 Å². The Morgan fingerprint density at radius 2 is 1.52 bits per heavy atom. The summed E-state index contributed by atoms with van der Waals surface area (Å²) in [6.45, 7) is 0. The Bertz CT molecular complexity index is 1170. The molecule has 4 rings (SSSR count). The van der Waals surface area contributed by atoms with Gasteiger partial charge in [-0.05, 0) is 23.9 Å². The maximum atomic E-state index is 13.2. The number of benzene rings is 1. The van der Waals surface area contributed by atoms with E-state index < -0.39 is 41.2 Å². The van der Waals surface area contributed by atoms with Crippen LogP contribution in [0, 0.1) is 17.7 Å². The van der Waals surface area contributed by atoms with Gasteiger partial charge in [0.05, 0.1) is 0 Å². The van der Waals surface area contributed by atoms with Gasteiger partial charge in [-0.25, -0.2) is 8.78 Å². The second kappa shape index (κ2) is 11.2. The largest absolute Gasteiger partial charge is 0.573 e. The molecule has 0 spiro atoms. The van der Waals surface area contributed by atoms with Crippen molar-refractivity contribution >= 4 is 0 Å². The Morgan fingerprint density at radius 1 is 0.909 bits per heavy atom. The van der Waals surface area contributed by atoms with Gasteiger partial charge in [-0.1, -0.05) is 35.5 Å². The number of rotatable bonds is 3. The van der Waals surface area contributed by atoms with Crippen LogP contribution in [0.2, 0.25) is 0 Å². The van der Waals surface area contributed by atoms with Crippen LogP contribution in [-0.2, 0) is 26.3 Å². The summed E-state index contributed by atoms with van der Waals surface area (Å²) < 4.78 is 88.7. The SMILES string of the molecule is FC(F)c1c(C(F)(F)F)n[n-]c1-c1ccccn1.Fc1c[c-]c(-c2ccccn2)c(F)c1.[Ir]. The number of nitrogens with zero attached hydrogens (tertiary/aromatic N) is 4. The molecular weight excluding hydrogens is 633 g/mol. The molecule has 0 bridgehead atoms. The molecule has 0 unspecified atom stereocenters. The topological polar surface area (TPSA) is 52.8 Å². The zero-order valence-electron chi connectivity index (χ0n) is 16.1. The molecular formula is C21H11F7IrN4-2. The molecule has 1 radical (unpaired) electrons. The van der Waals surface area contributed by atoms with E-state index in [-0.39, 0.29) is 31.4 Å². The van der Waals surface area contributed by atoms with Gasteiger partial charge in [-0.15, -0.1) is 12.1 Å². The van der Waals surface area contributed by atoms with Gasteiger partial charge in [0.25, 0.3) is 6.43 Å². The summed E-state index contributed by atoms with van der Waals surface area (Å²) in [7, 11) is 0. The van der Waals surface area contributed by atoms with Crippen molar-refractivity contribution < 1.29 is 50.8 Å². The molecule has 33 heavy (non-hydrogen) atoms. The molecule has 0 fully saturated rings. The minimum Gasteiger partial charge on any atom is -0.573 e. The smallest absolute Gasteiger partial charge is 0.432 e. The molecule has 3 heterocycles. The van der Waals surface area contributed by atoms with E-state index in [1.165, 1.54) is 24.4 Å². The molecule has 175 valence electrons. The number of hydrogen-bond donors (Lipinski definition) is 0. The number of aromatic nitrogens is 4.